The minimum atomic E-state index is 0.0573. The molecule has 4 rings (SSSR count). The molecule has 0 spiro atoms. The van der Waals surface area contributed by atoms with E-state index in [0.29, 0.717) is 17.3 Å². The molecule has 1 aliphatic rings. The molecule has 0 aliphatic carbocycles. The molecule has 1 aromatic carbocycles. The molecule has 1 fully saturated rings. The van der Waals surface area contributed by atoms with Gasteiger partial charge in [0, 0.05) is 49.9 Å². The Morgan fingerprint density at radius 1 is 1.15 bits per heavy atom. The molecule has 142 valence electrons. The van der Waals surface area contributed by atoms with Gasteiger partial charge in [0.15, 0.2) is 5.58 Å². The number of piperazine rings is 1. The largest absolute Gasteiger partial charge is 0.460 e. The third-order valence-corrected chi connectivity index (χ3v) is 5.69. The molecule has 2 aromatic heterocycles. The lowest BCUT2D eigenvalue weighted by atomic mass is 10.2. The Morgan fingerprint density at radius 3 is 2.59 bits per heavy atom. The highest BCUT2D eigenvalue weighted by Crippen LogP contribution is 2.27. The summed E-state index contributed by atoms with van der Waals surface area (Å²) in [5.41, 5.74) is 3.33. The van der Waals surface area contributed by atoms with Crippen molar-refractivity contribution in [3.05, 3.63) is 58.4 Å². The van der Waals surface area contributed by atoms with E-state index in [1.54, 1.807) is 0 Å². The predicted octanol–water partition coefficient (Wildman–Crippen LogP) is 4.02. The molecular formula is C21H24ClN3O2. The lowest BCUT2D eigenvalue weighted by molar-refractivity contribution is 0.0633. The van der Waals surface area contributed by atoms with Crippen LogP contribution in [0.3, 0.4) is 0 Å². The van der Waals surface area contributed by atoms with Crippen molar-refractivity contribution in [2.75, 3.05) is 32.7 Å². The van der Waals surface area contributed by atoms with Crippen molar-refractivity contribution in [1.29, 1.82) is 0 Å². The van der Waals surface area contributed by atoms with Crippen molar-refractivity contribution in [1.82, 2.24) is 14.4 Å². The van der Waals surface area contributed by atoms with E-state index in [-0.39, 0.29) is 5.91 Å². The van der Waals surface area contributed by atoms with Crippen LogP contribution in [-0.2, 0) is 6.54 Å². The second-order valence-corrected chi connectivity index (χ2v) is 7.45. The SMILES string of the molecule is CCN1CCN(C(=O)c2cc3oc(C)cc3n2Cc2ccccc2Cl)CC1. The molecular weight excluding hydrogens is 362 g/mol. The molecule has 0 radical (unpaired) electrons. The predicted molar refractivity (Wildman–Crippen MR) is 108 cm³/mol. The summed E-state index contributed by atoms with van der Waals surface area (Å²) >= 11 is 6.37. The van der Waals surface area contributed by atoms with E-state index >= 15 is 0 Å². The number of carbonyl (C=O) groups is 1. The smallest absolute Gasteiger partial charge is 0.270 e. The second kappa shape index (κ2) is 7.41. The molecule has 6 heteroatoms. The number of halogens is 1. The standard InChI is InChI=1S/C21H24ClN3O2/c1-3-23-8-10-24(11-9-23)21(26)19-13-20-18(12-15(2)27-20)25(19)14-16-6-4-5-7-17(16)22/h4-7,12-13H,3,8-11,14H2,1-2H3. The summed E-state index contributed by atoms with van der Waals surface area (Å²) in [6.45, 7) is 8.99. The summed E-state index contributed by atoms with van der Waals surface area (Å²) in [5.74, 6) is 0.894. The van der Waals surface area contributed by atoms with Crippen LogP contribution in [0.25, 0.3) is 11.1 Å². The first kappa shape index (κ1) is 18.1. The van der Waals surface area contributed by atoms with Gasteiger partial charge < -0.3 is 18.8 Å². The van der Waals surface area contributed by atoms with Crippen molar-refractivity contribution < 1.29 is 9.21 Å². The zero-order valence-corrected chi connectivity index (χ0v) is 16.5. The van der Waals surface area contributed by atoms with Crippen LogP contribution in [0.1, 0.15) is 28.7 Å². The summed E-state index contributed by atoms with van der Waals surface area (Å²) in [5, 5.41) is 0.703. The monoisotopic (exact) mass is 385 g/mol. The zero-order valence-electron chi connectivity index (χ0n) is 15.7. The molecule has 0 unspecified atom stereocenters. The molecule has 0 bridgehead atoms. The molecule has 1 amide bonds. The third-order valence-electron chi connectivity index (χ3n) is 5.32. The van der Waals surface area contributed by atoms with Crippen molar-refractivity contribution in [2.45, 2.75) is 20.4 Å². The highest BCUT2D eigenvalue weighted by atomic mass is 35.5. The van der Waals surface area contributed by atoms with E-state index in [1.165, 1.54) is 0 Å². The van der Waals surface area contributed by atoms with E-state index in [4.69, 9.17) is 16.0 Å². The maximum absolute atomic E-state index is 13.3. The van der Waals surface area contributed by atoms with Gasteiger partial charge in [-0.25, -0.2) is 0 Å². The summed E-state index contributed by atoms with van der Waals surface area (Å²) in [6, 6.07) is 11.6. The molecule has 1 aliphatic heterocycles. The molecule has 3 heterocycles. The number of carbonyl (C=O) groups excluding carboxylic acids is 1. The highest BCUT2D eigenvalue weighted by Gasteiger charge is 2.26. The summed E-state index contributed by atoms with van der Waals surface area (Å²) < 4.78 is 7.83. The lowest BCUT2D eigenvalue weighted by Crippen LogP contribution is -2.48. The van der Waals surface area contributed by atoms with Crippen LogP contribution in [-0.4, -0.2) is 53.0 Å². The topological polar surface area (TPSA) is 41.6 Å². The van der Waals surface area contributed by atoms with Gasteiger partial charge in [0.2, 0.25) is 0 Å². The summed E-state index contributed by atoms with van der Waals surface area (Å²) in [6.07, 6.45) is 0. The van der Waals surface area contributed by atoms with Gasteiger partial charge in [-0.3, -0.25) is 4.79 Å². The molecule has 27 heavy (non-hydrogen) atoms. The fourth-order valence-electron chi connectivity index (χ4n) is 3.74. The summed E-state index contributed by atoms with van der Waals surface area (Å²) in [4.78, 5) is 17.6. The number of fused-ring (bicyclic) bond motifs is 1. The van der Waals surface area contributed by atoms with Gasteiger partial charge in [-0.1, -0.05) is 36.7 Å². The maximum atomic E-state index is 13.3. The van der Waals surface area contributed by atoms with E-state index in [9.17, 15) is 4.79 Å². The molecule has 0 N–H and O–H groups in total. The summed E-state index contributed by atoms with van der Waals surface area (Å²) in [7, 11) is 0. The Hall–Kier alpha value is -2.24. The Morgan fingerprint density at radius 2 is 1.89 bits per heavy atom. The van der Waals surface area contributed by atoms with Gasteiger partial charge in [-0.15, -0.1) is 0 Å². The van der Waals surface area contributed by atoms with Crippen LogP contribution in [0.15, 0.2) is 40.8 Å². The van der Waals surface area contributed by atoms with Crippen LogP contribution in [0.2, 0.25) is 5.02 Å². The van der Waals surface area contributed by atoms with Crippen LogP contribution in [0.4, 0.5) is 0 Å². The molecule has 0 atom stereocenters. The number of aryl methyl sites for hydroxylation is 1. The number of benzene rings is 1. The number of amides is 1. The maximum Gasteiger partial charge on any atom is 0.270 e. The minimum absolute atomic E-state index is 0.0573. The van der Waals surface area contributed by atoms with E-state index in [0.717, 1.165) is 55.1 Å². The number of hydrogen-bond acceptors (Lipinski definition) is 3. The van der Waals surface area contributed by atoms with Gasteiger partial charge in [-0.05, 0) is 25.1 Å². The number of furan rings is 1. The zero-order chi connectivity index (χ0) is 19.0. The van der Waals surface area contributed by atoms with Gasteiger partial charge in [0.25, 0.3) is 5.91 Å². The van der Waals surface area contributed by atoms with E-state index in [1.807, 2.05) is 52.8 Å². The van der Waals surface area contributed by atoms with Gasteiger partial charge in [-0.2, -0.15) is 0 Å². The normalized spacial score (nSPS) is 15.6. The van der Waals surface area contributed by atoms with Gasteiger partial charge in [0.1, 0.15) is 11.5 Å². The number of hydrogen-bond donors (Lipinski definition) is 0. The minimum Gasteiger partial charge on any atom is -0.460 e. The molecule has 1 saturated heterocycles. The number of rotatable bonds is 4. The second-order valence-electron chi connectivity index (χ2n) is 7.04. The van der Waals surface area contributed by atoms with Gasteiger partial charge in [0.05, 0.1) is 5.52 Å². The first-order valence-corrected chi connectivity index (χ1v) is 9.79. The number of likely N-dealkylation sites (N-methyl/N-ethyl adjacent to an activating group) is 1. The van der Waals surface area contributed by atoms with Crippen molar-refractivity contribution in [3.8, 4) is 0 Å². The molecule has 3 aromatic rings. The quantitative estimate of drug-likeness (QED) is 0.681. The lowest BCUT2D eigenvalue weighted by Gasteiger charge is -2.34. The first-order chi connectivity index (χ1) is 13.1. The van der Waals surface area contributed by atoms with Gasteiger partial charge >= 0.3 is 0 Å². The van der Waals surface area contributed by atoms with E-state index < -0.39 is 0 Å². The van der Waals surface area contributed by atoms with E-state index in [2.05, 4.69) is 11.8 Å². The third kappa shape index (κ3) is 3.49. The molecule has 0 saturated carbocycles. The van der Waals surface area contributed by atoms with Crippen LogP contribution < -0.4 is 0 Å². The van der Waals surface area contributed by atoms with Crippen LogP contribution in [0.5, 0.6) is 0 Å². The molecule has 5 nitrogen and oxygen atoms in total. The average Bonchev–Trinajstić information content (AvgIpc) is 3.20. The Labute approximate surface area is 164 Å². The van der Waals surface area contributed by atoms with Crippen molar-refractivity contribution in [2.24, 2.45) is 0 Å². The Kier molecular flexibility index (Phi) is 4.98. The fourth-order valence-corrected chi connectivity index (χ4v) is 3.93. The Balaban J connectivity index is 1.69. The fraction of sp³-hybridized carbons (Fsp3) is 0.381. The Bertz CT molecular complexity index is 967. The average molecular weight is 386 g/mol. The highest BCUT2D eigenvalue weighted by molar-refractivity contribution is 6.31. The number of aromatic nitrogens is 1. The van der Waals surface area contributed by atoms with Crippen LogP contribution >= 0.6 is 11.6 Å². The van der Waals surface area contributed by atoms with Crippen LogP contribution in [0, 0.1) is 6.92 Å². The van der Waals surface area contributed by atoms with Crippen molar-refractivity contribution >= 4 is 28.6 Å². The van der Waals surface area contributed by atoms with Crippen molar-refractivity contribution in [3.63, 3.8) is 0 Å². The number of nitrogens with zero attached hydrogens (tertiary/aromatic N) is 3. The first-order valence-electron chi connectivity index (χ1n) is 9.41.